The molecule has 1 amide bonds. The Labute approximate surface area is 108 Å². The van der Waals surface area contributed by atoms with Gasteiger partial charge in [0.2, 0.25) is 5.91 Å². The molecule has 1 aliphatic carbocycles. The summed E-state index contributed by atoms with van der Waals surface area (Å²) in [5.74, 6) is -3.01. The molecule has 102 valence electrons. The third kappa shape index (κ3) is 2.43. The van der Waals surface area contributed by atoms with Crippen LogP contribution in [0.4, 0.5) is 8.78 Å². The Morgan fingerprint density at radius 3 is 2.21 bits per heavy atom. The van der Waals surface area contributed by atoms with E-state index < -0.39 is 23.0 Å². The molecule has 0 saturated heterocycles. The van der Waals surface area contributed by atoms with Crippen LogP contribution in [-0.2, 0) is 15.0 Å². The van der Waals surface area contributed by atoms with Crippen molar-refractivity contribution in [2.45, 2.75) is 31.2 Å². The van der Waals surface area contributed by atoms with Gasteiger partial charge in [-0.3, -0.25) is 9.59 Å². The Morgan fingerprint density at radius 2 is 1.79 bits per heavy atom. The van der Waals surface area contributed by atoms with E-state index in [2.05, 4.69) is 5.32 Å². The van der Waals surface area contributed by atoms with Gasteiger partial charge in [-0.25, -0.2) is 8.78 Å². The number of carboxylic acid groups (broad SMARTS) is 1. The lowest BCUT2D eigenvalue weighted by Gasteiger charge is -2.44. The SMILES string of the molecule is CC(=O)NC1CC(C(=O)O)(c2cc(F)cc(F)c2)C1. The van der Waals surface area contributed by atoms with E-state index in [0.717, 1.165) is 12.1 Å². The second kappa shape index (κ2) is 4.60. The third-order valence-corrected chi connectivity index (χ3v) is 3.42. The van der Waals surface area contributed by atoms with E-state index in [4.69, 9.17) is 0 Å². The average molecular weight is 269 g/mol. The van der Waals surface area contributed by atoms with Crippen LogP contribution in [0.3, 0.4) is 0 Å². The zero-order valence-electron chi connectivity index (χ0n) is 10.2. The zero-order chi connectivity index (χ0) is 14.2. The molecule has 19 heavy (non-hydrogen) atoms. The Balaban J connectivity index is 2.28. The molecule has 1 aromatic carbocycles. The molecule has 1 saturated carbocycles. The number of nitrogens with one attached hydrogen (secondary N) is 1. The van der Waals surface area contributed by atoms with Crippen molar-refractivity contribution in [3.8, 4) is 0 Å². The van der Waals surface area contributed by atoms with Crippen molar-refractivity contribution in [2.24, 2.45) is 0 Å². The minimum atomic E-state index is -1.32. The summed E-state index contributed by atoms with van der Waals surface area (Å²) in [6.07, 6.45) is 0.260. The molecule has 0 spiro atoms. The number of carbonyl (C=O) groups is 2. The van der Waals surface area contributed by atoms with Gasteiger partial charge in [-0.15, -0.1) is 0 Å². The second-order valence-electron chi connectivity index (χ2n) is 4.85. The quantitative estimate of drug-likeness (QED) is 0.875. The molecule has 4 nitrogen and oxygen atoms in total. The normalized spacial score (nSPS) is 25.5. The molecule has 0 aromatic heterocycles. The molecular weight excluding hydrogens is 256 g/mol. The Morgan fingerprint density at radius 1 is 1.26 bits per heavy atom. The first-order chi connectivity index (χ1) is 8.83. The third-order valence-electron chi connectivity index (χ3n) is 3.42. The van der Waals surface area contributed by atoms with E-state index in [-0.39, 0.29) is 30.4 Å². The first kappa shape index (κ1) is 13.5. The number of amides is 1. The van der Waals surface area contributed by atoms with Crippen LogP contribution in [-0.4, -0.2) is 23.0 Å². The van der Waals surface area contributed by atoms with Gasteiger partial charge in [0.15, 0.2) is 0 Å². The number of carboxylic acids is 1. The molecule has 0 bridgehead atoms. The summed E-state index contributed by atoms with van der Waals surface area (Å²) >= 11 is 0. The van der Waals surface area contributed by atoms with E-state index in [1.54, 1.807) is 0 Å². The van der Waals surface area contributed by atoms with Crippen LogP contribution in [0, 0.1) is 11.6 Å². The number of hydrogen-bond acceptors (Lipinski definition) is 2. The van der Waals surface area contributed by atoms with Gasteiger partial charge in [0.25, 0.3) is 0 Å². The average Bonchev–Trinajstić information content (AvgIpc) is 2.19. The largest absolute Gasteiger partial charge is 0.481 e. The fourth-order valence-corrected chi connectivity index (χ4v) is 2.53. The topological polar surface area (TPSA) is 66.4 Å². The molecule has 1 aliphatic rings. The molecule has 0 radical (unpaired) electrons. The van der Waals surface area contributed by atoms with Crippen LogP contribution in [0.15, 0.2) is 18.2 Å². The molecule has 0 heterocycles. The summed E-state index contributed by atoms with van der Waals surface area (Å²) in [6.45, 7) is 1.34. The lowest BCUT2D eigenvalue weighted by atomic mass is 9.61. The maximum Gasteiger partial charge on any atom is 0.314 e. The lowest BCUT2D eigenvalue weighted by molar-refractivity contribution is -0.149. The van der Waals surface area contributed by atoms with Gasteiger partial charge >= 0.3 is 5.97 Å². The van der Waals surface area contributed by atoms with Gasteiger partial charge < -0.3 is 10.4 Å². The second-order valence-corrected chi connectivity index (χ2v) is 4.85. The van der Waals surface area contributed by atoms with E-state index >= 15 is 0 Å². The van der Waals surface area contributed by atoms with E-state index in [1.165, 1.54) is 6.92 Å². The summed E-state index contributed by atoms with van der Waals surface area (Å²) < 4.78 is 26.4. The van der Waals surface area contributed by atoms with Crippen molar-refractivity contribution in [1.29, 1.82) is 0 Å². The molecule has 2 rings (SSSR count). The van der Waals surface area contributed by atoms with Gasteiger partial charge in [-0.1, -0.05) is 0 Å². The summed E-state index contributed by atoms with van der Waals surface area (Å²) in [5, 5.41) is 11.9. The molecule has 6 heteroatoms. The van der Waals surface area contributed by atoms with Crippen LogP contribution in [0.2, 0.25) is 0 Å². The van der Waals surface area contributed by atoms with Gasteiger partial charge in [0.1, 0.15) is 11.6 Å². The summed E-state index contributed by atoms with van der Waals surface area (Å²) in [4.78, 5) is 22.3. The van der Waals surface area contributed by atoms with Gasteiger partial charge in [0.05, 0.1) is 5.41 Å². The first-order valence-corrected chi connectivity index (χ1v) is 5.80. The monoisotopic (exact) mass is 269 g/mol. The molecule has 1 aromatic rings. The highest BCUT2D eigenvalue weighted by atomic mass is 19.1. The fourth-order valence-electron chi connectivity index (χ4n) is 2.53. The van der Waals surface area contributed by atoms with Crippen LogP contribution in [0.25, 0.3) is 0 Å². The van der Waals surface area contributed by atoms with Crippen molar-refractivity contribution in [2.75, 3.05) is 0 Å². The highest BCUT2D eigenvalue weighted by Crippen LogP contribution is 2.44. The van der Waals surface area contributed by atoms with Crippen molar-refractivity contribution in [1.82, 2.24) is 5.32 Å². The number of halogens is 2. The maximum atomic E-state index is 13.2. The number of carbonyl (C=O) groups excluding carboxylic acids is 1. The Kier molecular flexibility index (Phi) is 3.26. The van der Waals surface area contributed by atoms with Crippen molar-refractivity contribution < 1.29 is 23.5 Å². The summed E-state index contributed by atoms with van der Waals surface area (Å²) in [6, 6.07) is 2.48. The smallest absolute Gasteiger partial charge is 0.314 e. The van der Waals surface area contributed by atoms with Crippen molar-refractivity contribution in [3.05, 3.63) is 35.4 Å². The van der Waals surface area contributed by atoms with Crippen LogP contribution >= 0.6 is 0 Å². The number of rotatable bonds is 3. The Hall–Kier alpha value is -1.98. The predicted molar refractivity (Wildman–Crippen MR) is 62.5 cm³/mol. The Bertz CT molecular complexity index is 518. The first-order valence-electron chi connectivity index (χ1n) is 5.80. The highest BCUT2D eigenvalue weighted by Gasteiger charge is 2.52. The van der Waals surface area contributed by atoms with Gasteiger partial charge in [0, 0.05) is 19.0 Å². The predicted octanol–water partition coefficient (Wildman–Crippen LogP) is 1.59. The van der Waals surface area contributed by atoms with Crippen LogP contribution in [0.5, 0.6) is 0 Å². The van der Waals surface area contributed by atoms with Crippen molar-refractivity contribution >= 4 is 11.9 Å². The van der Waals surface area contributed by atoms with Crippen molar-refractivity contribution in [3.63, 3.8) is 0 Å². The summed E-state index contributed by atoms with van der Waals surface area (Å²) in [5.41, 5.74) is -1.23. The van der Waals surface area contributed by atoms with Gasteiger partial charge in [-0.05, 0) is 30.5 Å². The number of hydrogen-bond donors (Lipinski definition) is 2. The number of benzene rings is 1. The zero-order valence-corrected chi connectivity index (χ0v) is 10.2. The number of aliphatic carboxylic acids is 1. The van der Waals surface area contributed by atoms with Crippen LogP contribution < -0.4 is 5.32 Å². The molecule has 0 unspecified atom stereocenters. The molecule has 2 N–H and O–H groups in total. The molecule has 1 fully saturated rings. The van der Waals surface area contributed by atoms with E-state index in [1.807, 2.05) is 0 Å². The lowest BCUT2D eigenvalue weighted by Crippen LogP contribution is -2.56. The molecular formula is C13H13F2NO3. The summed E-state index contributed by atoms with van der Waals surface area (Å²) in [7, 11) is 0. The molecule has 0 atom stereocenters. The van der Waals surface area contributed by atoms with E-state index in [9.17, 15) is 23.5 Å². The standard InChI is InChI=1S/C13H13F2NO3/c1-7(17)16-11-5-13(6-11,12(18)19)8-2-9(14)4-10(15)3-8/h2-4,11H,5-6H2,1H3,(H,16,17)(H,18,19). The van der Waals surface area contributed by atoms with Crippen LogP contribution in [0.1, 0.15) is 25.3 Å². The fraction of sp³-hybridized carbons (Fsp3) is 0.385. The van der Waals surface area contributed by atoms with Gasteiger partial charge in [-0.2, -0.15) is 0 Å². The van der Waals surface area contributed by atoms with E-state index in [0.29, 0.717) is 6.07 Å². The minimum Gasteiger partial charge on any atom is -0.481 e. The maximum absolute atomic E-state index is 13.2. The molecule has 0 aliphatic heterocycles. The minimum absolute atomic E-state index is 0.0964. The highest BCUT2D eigenvalue weighted by molar-refractivity contribution is 5.84.